The number of benzene rings is 1. The van der Waals surface area contributed by atoms with E-state index in [1.54, 1.807) is 19.1 Å². The van der Waals surface area contributed by atoms with Crippen LogP contribution in [-0.2, 0) is 0 Å². The fourth-order valence-electron chi connectivity index (χ4n) is 2.37. The molecule has 25 heavy (non-hydrogen) atoms. The van der Waals surface area contributed by atoms with Crippen molar-refractivity contribution in [3.05, 3.63) is 79.3 Å². The lowest BCUT2D eigenvalue weighted by Crippen LogP contribution is -2.25. The summed E-state index contributed by atoms with van der Waals surface area (Å²) in [6.07, 6.45) is 1.38. The first-order valence-electron chi connectivity index (χ1n) is 7.12. The van der Waals surface area contributed by atoms with Gasteiger partial charge in [0.15, 0.2) is 0 Å². The Hall–Kier alpha value is -3.26. The molecule has 0 bridgehead atoms. The lowest BCUT2D eigenvalue weighted by atomic mass is 10.1. The summed E-state index contributed by atoms with van der Waals surface area (Å²) in [4.78, 5) is 39.7. The normalized spacial score (nSPS) is 10.6. The number of carbonyl (C=O) groups excluding carboxylic acids is 1. The molecule has 8 nitrogen and oxygen atoms in total. The van der Waals surface area contributed by atoms with Gasteiger partial charge in [0.1, 0.15) is 16.9 Å². The topological polar surface area (TPSA) is 107 Å². The monoisotopic (exact) mass is 358 g/mol. The zero-order chi connectivity index (χ0) is 18.1. The zero-order valence-corrected chi connectivity index (χ0v) is 13.6. The molecular weight excluding hydrogens is 348 g/mol. The Morgan fingerprint density at radius 3 is 2.72 bits per heavy atom. The molecule has 2 heterocycles. The van der Waals surface area contributed by atoms with Crippen LogP contribution < -0.4 is 10.9 Å². The molecule has 0 atom stereocenters. The lowest BCUT2D eigenvalue weighted by Gasteiger charge is -2.10. The standard InChI is InChI=1S/C16H11ClN4O4/c1-9-14(16(23)20-8-10(17)6-7-13(20)18-9)19-15(22)11-4-2-3-5-12(11)21(24)25/h2-8H,1H3,(H,19,22). The Labute approximate surface area is 145 Å². The van der Waals surface area contributed by atoms with Gasteiger partial charge in [0.25, 0.3) is 17.2 Å². The average molecular weight is 359 g/mol. The number of hydrogen-bond acceptors (Lipinski definition) is 5. The number of nitrogens with one attached hydrogen (secondary N) is 1. The van der Waals surface area contributed by atoms with Gasteiger partial charge >= 0.3 is 0 Å². The highest BCUT2D eigenvalue weighted by Gasteiger charge is 2.21. The number of rotatable bonds is 3. The summed E-state index contributed by atoms with van der Waals surface area (Å²) >= 11 is 5.89. The van der Waals surface area contributed by atoms with Crippen LogP contribution in [0, 0.1) is 17.0 Å². The van der Waals surface area contributed by atoms with Crippen molar-refractivity contribution in [3.63, 3.8) is 0 Å². The van der Waals surface area contributed by atoms with Gasteiger partial charge in [0.05, 0.1) is 15.6 Å². The van der Waals surface area contributed by atoms with Crippen LogP contribution in [0.25, 0.3) is 5.65 Å². The molecule has 1 N–H and O–H groups in total. The number of anilines is 1. The van der Waals surface area contributed by atoms with Crippen LogP contribution in [0.3, 0.4) is 0 Å². The number of nitro benzene ring substituents is 1. The van der Waals surface area contributed by atoms with Crippen LogP contribution in [0.5, 0.6) is 0 Å². The Balaban J connectivity index is 2.08. The molecule has 0 saturated carbocycles. The minimum Gasteiger partial charge on any atom is -0.316 e. The predicted octanol–water partition coefficient (Wildman–Crippen LogP) is 2.82. The number of aromatic nitrogens is 2. The maximum Gasteiger partial charge on any atom is 0.282 e. The SMILES string of the molecule is Cc1nc2ccc(Cl)cn2c(=O)c1NC(=O)c1ccccc1[N+](=O)[O-]. The molecule has 3 aromatic rings. The molecule has 0 aliphatic carbocycles. The van der Waals surface area contributed by atoms with Gasteiger partial charge in [0, 0.05) is 12.3 Å². The Morgan fingerprint density at radius 1 is 1.28 bits per heavy atom. The third-order valence-electron chi connectivity index (χ3n) is 3.55. The lowest BCUT2D eigenvalue weighted by molar-refractivity contribution is -0.385. The number of halogens is 1. The van der Waals surface area contributed by atoms with E-state index < -0.39 is 16.4 Å². The third kappa shape index (κ3) is 3.07. The molecule has 126 valence electrons. The Morgan fingerprint density at radius 2 is 2.00 bits per heavy atom. The van der Waals surface area contributed by atoms with E-state index in [0.717, 1.165) is 0 Å². The second-order valence-electron chi connectivity index (χ2n) is 5.18. The Bertz CT molecular complexity index is 1080. The van der Waals surface area contributed by atoms with E-state index in [0.29, 0.717) is 16.4 Å². The Kier molecular flexibility index (Phi) is 4.20. The van der Waals surface area contributed by atoms with E-state index in [4.69, 9.17) is 11.6 Å². The molecule has 1 aromatic carbocycles. The summed E-state index contributed by atoms with van der Waals surface area (Å²) in [5.41, 5.74) is -0.438. The minimum absolute atomic E-state index is 0.0667. The summed E-state index contributed by atoms with van der Waals surface area (Å²) in [6, 6.07) is 8.65. The van der Waals surface area contributed by atoms with Gasteiger partial charge in [-0.05, 0) is 25.1 Å². The van der Waals surface area contributed by atoms with Crippen LogP contribution in [0.15, 0.2) is 47.4 Å². The second-order valence-corrected chi connectivity index (χ2v) is 5.62. The number of nitrogens with zero attached hydrogens (tertiary/aromatic N) is 3. The summed E-state index contributed by atoms with van der Waals surface area (Å²) in [6.45, 7) is 1.56. The minimum atomic E-state index is -0.767. The number of carbonyl (C=O) groups is 1. The van der Waals surface area contributed by atoms with Gasteiger partial charge in [-0.1, -0.05) is 23.7 Å². The van der Waals surface area contributed by atoms with Crippen molar-refractivity contribution in [3.8, 4) is 0 Å². The molecule has 2 aromatic heterocycles. The van der Waals surface area contributed by atoms with Crippen LogP contribution in [0.2, 0.25) is 5.02 Å². The first-order chi connectivity index (χ1) is 11.9. The average Bonchev–Trinajstić information content (AvgIpc) is 2.59. The molecule has 0 saturated heterocycles. The van der Waals surface area contributed by atoms with E-state index >= 15 is 0 Å². The summed E-state index contributed by atoms with van der Waals surface area (Å²) < 4.78 is 1.20. The molecule has 0 aliphatic rings. The third-order valence-corrected chi connectivity index (χ3v) is 3.78. The maximum absolute atomic E-state index is 12.6. The first-order valence-corrected chi connectivity index (χ1v) is 7.49. The van der Waals surface area contributed by atoms with Crippen molar-refractivity contribution in [1.82, 2.24) is 9.38 Å². The van der Waals surface area contributed by atoms with Crippen molar-refractivity contribution in [2.45, 2.75) is 6.92 Å². The molecule has 0 radical (unpaired) electrons. The van der Waals surface area contributed by atoms with E-state index in [-0.39, 0.29) is 16.9 Å². The van der Waals surface area contributed by atoms with Gasteiger partial charge in [0.2, 0.25) is 0 Å². The number of hydrogen-bond donors (Lipinski definition) is 1. The highest BCUT2D eigenvalue weighted by Crippen LogP contribution is 2.19. The van der Waals surface area contributed by atoms with Crippen LogP contribution in [-0.4, -0.2) is 20.2 Å². The van der Waals surface area contributed by atoms with Gasteiger partial charge in [-0.3, -0.25) is 24.1 Å². The van der Waals surface area contributed by atoms with Crippen molar-refractivity contribution < 1.29 is 9.72 Å². The number of pyridine rings is 1. The molecule has 1 amide bonds. The maximum atomic E-state index is 12.6. The summed E-state index contributed by atoms with van der Waals surface area (Å²) in [7, 11) is 0. The van der Waals surface area contributed by atoms with Crippen LogP contribution in [0.1, 0.15) is 16.1 Å². The van der Waals surface area contributed by atoms with Gasteiger partial charge < -0.3 is 5.32 Å². The highest BCUT2D eigenvalue weighted by molar-refractivity contribution is 6.30. The number of para-hydroxylation sites is 1. The molecule has 0 aliphatic heterocycles. The van der Waals surface area contributed by atoms with Crippen molar-refractivity contribution >= 4 is 34.5 Å². The molecule has 3 rings (SSSR count). The number of fused-ring (bicyclic) bond motifs is 1. The second kappa shape index (κ2) is 6.33. The van der Waals surface area contributed by atoms with Crippen molar-refractivity contribution in [2.75, 3.05) is 5.32 Å². The molecular formula is C16H11ClN4O4. The van der Waals surface area contributed by atoms with Crippen molar-refractivity contribution in [2.24, 2.45) is 0 Å². The van der Waals surface area contributed by atoms with Gasteiger partial charge in [-0.2, -0.15) is 0 Å². The molecule has 9 heteroatoms. The summed E-state index contributed by atoms with van der Waals surface area (Å²) in [5, 5.41) is 13.8. The fourth-order valence-corrected chi connectivity index (χ4v) is 2.53. The van der Waals surface area contributed by atoms with E-state index in [1.807, 2.05) is 0 Å². The number of amides is 1. The van der Waals surface area contributed by atoms with E-state index in [1.165, 1.54) is 34.9 Å². The van der Waals surface area contributed by atoms with Gasteiger partial charge in [-0.15, -0.1) is 0 Å². The number of nitro groups is 1. The largest absolute Gasteiger partial charge is 0.316 e. The number of aryl methyl sites for hydroxylation is 1. The highest BCUT2D eigenvalue weighted by atomic mass is 35.5. The fraction of sp³-hybridized carbons (Fsp3) is 0.0625. The van der Waals surface area contributed by atoms with Crippen LogP contribution in [0.4, 0.5) is 11.4 Å². The first kappa shape index (κ1) is 16.6. The van der Waals surface area contributed by atoms with Crippen molar-refractivity contribution in [1.29, 1.82) is 0 Å². The van der Waals surface area contributed by atoms with E-state index in [2.05, 4.69) is 10.3 Å². The molecule has 0 fully saturated rings. The molecule has 0 unspecified atom stereocenters. The summed E-state index contributed by atoms with van der Waals surface area (Å²) in [5.74, 6) is -0.767. The quantitative estimate of drug-likeness (QED) is 0.572. The molecule has 0 spiro atoms. The van der Waals surface area contributed by atoms with Gasteiger partial charge in [-0.25, -0.2) is 4.98 Å². The van der Waals surface area contributed by atoms with E-state index in [9.17, 15) is 19.7 Å². The predicted molar refractivity (Wildman–Crippen MR) is 92.3 cm³/mol. The zero-order valence-electron chi connectivity index (χ0n) is 12.9. The van der Waals surface area contributed by atoms with Crippen LogP contribution >= 0.6 is 11.6 Å². The smallest absolute Gasteiger partial charge is 0.282 e.